The van der Waals surface area contributed by atoms with Gasteiger partial charge in [-0.1, -0.05) is 23.3 Å². The Morgan fingerprint density at radius 2 is 1.96 bits per heavy atom. The maximum atomic E-state index is 12.0. The lowest BCUT2D eigenvalue weighted by Gasteiger charge is -2.01. The van der Waals surface area contributed by atoms with Crippen LogP contribution in [-0.2, 0) is 4.79 Å². The van der Waals surface area contributed by atoms with E-state index in [4.69, 9.17) is 4.42 Å². The quantitative estimate of drug-likeness (QED) is 0.417. The van der Waals surface area contributed by atoms with Crippen LogP contribution in [0.5, 0.6) is 0 Å². The molecule has 1 aromatic heterocycles. The normalized spacial score (nSPS) is 10.9. The van der Waals surface area contributed by atoms with E-state index in [9.17, 15) is 14.9 Å². The molecule has 0 aliphatic carbocycles. The summed E-state index contributed by atoms with van der Waals surface area (Å²) in [5.74, 6) is -0.187. The topological polar surface area (TPSA) is 111 Å². The number of anilines is 1. The largest absolute Gasteiger partial charge is 0.403 e. The lowest BCUT2D eigenvalue weighted by atomic mass is 10.1. The number of hydrogen-bond acceptors (Lipinski definition) is 6. The van der Waals surface area contributed by atoms with Crippen molar-refractivity contribution in [3.8, 4) is 11.5 Å². The Balaban J connectivity index is 1.68. The van der Waals surface area contributed by atoms with Crippen molar-refractivity contribution in [2.45, 2.75) is 13.8 Å². The smallest absolute Gasteiger partial charge is 0.322 e. The second-order valence-corrected chi connectivity index (χ2v) is 5.89. The Morgan fingerprint density at radius 1 is 1.15 bits per heavy atom. The van der Waals surface area contributed by atoms with Gasteiger partial charge in [0.05, 0.1) is 4.92 Å². The highest BCUT2D eigenvalue weighted by Crippen LogP contribution is 2.22. The Kier molecular flexibility index (Phi) is 5.07. The zero-order chi connectivity index (χ0) is 19.4. The van der Waals surface area contributed by atoms with Crippen molar-refractivity contribution in [2.24, 2.45) is 0 Å². The van der Waals surface area contributed by atoms with E-state index in [1.54, 1.807) is 12.1 Å². The molecule has 0 aliphatic heterocycles. The number of nitrogens with zero attached hydrogens (tertiary/aromatic N) is 3. The van der Waals surface area contributed by atoms with Crippen molar-refractivity contribution in [3.63, 3.8) is 0 Å². The molecule has 0 bridgehead atoms. The SMILES string of the molecule is Cc1ccc(-c2nnc(NC(=O)C=Cc3cccc([N+](=O)[O-])c3)o2)cc1C. The summed E-state index contributed by atoms with van der Waals surface area (Å²) in [5, 5.41) is 21.0. The zero-order valence-corrected chi connectivity index (χ0v) is 14.7. The van der Waals surface area contributed by atoms with Crippen molar-refractivity contribution in [1.29, 1.82) is 0 Å². The number of nitro groups is 1. The summed E-state index contributed by atoms with van der Waals surface area (Å²) < 4.78 is 5.46. The van der Waals surface area contributed by atoms with Gasteiger partial charge in [-0.05, 0) is 48.7 Å². The minimum Gasteiger partial charge on any atom is -0.403 e. The number of aryl methyl sites for hydroxylation is 2. The minimum atomic E-state index is -0.496. The molecular formula is C19H16N4O4. The highest BCUT2D eigenvalue weighted by Gasteiger charge is 2.11. The molecule has 1 amide bonds. The maximum Gasteiger partial charge on any atom is 0.322 e. The van der Waals surface area contributed by atoms with Crippen LogP contribution in [0.4, 0.5) is 11.7 Å². The summed E-state index contributed by atoms with van der Waals surface area (Å²) in [4.78, 5) is 22.3. The van der Waals surface area contributed by atoms with Gasteiger partial charge in [-0.3, -0.25) is 20.2 Å². The van der Waals surface area contributed by atoms with Gasteiger partial charge in [0.15, 0.2) is 0 Å². The Labute approximate surface area is 154 Å². The summed E-state index contributed by atoms with van der Waals surface area (Å²) in [6.07, 6.45) is 2.70. The van der Waals surface area contributed by atoms with Crippen LogP contribution in [0.1, 0.15) is 16.7 Å². The van der Waals surface area contributed by atoms with Gasteiger partial charge >= 0.3 is 6.01 Å². The number of benzene rings is 2. The lowest BCUT2D eigenvalue weighted by Crippen LogP contribution is -2.07. The molecule has 27 heavy (non-hydrogen) atoms. The molecule has 1 N–H and O–H groups in total. The van der Waals surface area contributed by atoms with E-state index in [0.717, 1.165) is 16.7 Å². The van der Waals surface area contributed by atoms with E-state index < -0.39 is 10.8 Å². The van der Waals surface area contributed by atoms with Crippen molar-refractivity contribution in [3.05, 3.63) is 75.3 Å². The molecule has 0 aliphatic rings. The molecular weight excluding hydrogens is 348 g/mol. The number of hydrogen-bond donors (Lipinski definition) is 1. The molecule has 0 unspecified atom stereocenters. The molecule has 1 heterocycles. The van der Waals surface area contributed by atoms with Crippen molar-refractivity contribution in [2.75, 3.05) is 5.32 Å². The third-order valence-corrected chi connectivity index (χ3v) is 3.92. The molecule has 3 rings (SSSR count). The Bertz CT molecular complexity index is 1040. The highest BCUT2D eigenvalue weighted by atomic mass is 16.6. The van der Waals surface area contributed by atoms with E-state index in [0.29, 0.717) is 11.5 Å². The Hall–Kier alpha value is -3.81. The van der Waals surface area contributed by atoms with Gasteiger partial charge in [0.25, 0.3) is 11.6 Å². The van der Waals surface area contributed by atoms with Gasteiger partial charge in [-0.2, -0.15) is 0 Å². The fourth-order valence-corrected chi connectivity index (χ4v) is 2.33. The Morgan fingerprint density at radius 3 is 2.70 bits per heavy atom. The average Bonchev–Trinajstić information content (AvgIpc) is 3.11. The number of non-ortho nitro benzene ring substituents is 1. The monoisotopic (exact) mass is 364 g/mol. The van der Waals surface area contributed by atoms with Crippen LogP contribution >= 0.6 is 0 Å². The number of nitrogens with one attached hydrogen (secondary N) is 1. The first-order chi connectivity index (χ1) is 12.9. The molecule has 0 radical (unpaired) electrons. The number of carbonyl (C=O) groups is 1. The van der Waals surface area contributed by atoms with Crippen LogP contribution < -0.4 is 5.32 Å². The highest BCUT2D eigenvalue weighted by molar-refractivity contribution is 6.00. The van der Waals surface area contributed by atoms with E-state index in [2.05, 4.69) is 15.5 Å². The molecule has 0 saturated heterocycles. The third-order valence-electron chi connectivity index (χ3n) is 3.92. The summed E-state index contributed by atoms with van der Waals surface area (Å²) in [6, 6.07) is 11.7. The minimum absolute atomic E-state index is 0.0306. The number of carbonyl (C=O) groups excluding carboxylic acids is 1. The summed E-state index contributed by atoms with van der Waals surface area (Å²) in [5.41, 5.74) is 3.49. The fourth-order valence-electron chi connectivity index (χ4n) is 2.33. The maximum absolute atomic E-state index is 12.0. The predicted molar refractivity (Wildman–Crippen MR) is 100.0 cm³/mol. The fraction of sp³-hybridized carbons (Fsp3) is 0.105. The van der Waals surface area contributed by atoms with Gasteiger partial charge < -0.3 is 4.42 Å². The number of nitro benzene ring substituents is 1. The summed E-state index contributed by atoms with van der Waals surface area (Å²) in [6.45, 7) is 3.99. The van der Waals surface area contributed by atoms with Crippen LogP contribution in [0.3, 0.4) is 0 Å². The van der Waals surface area contributed by atoms with Gasteiger partial charge in [0.1, 0.15) is 0 Å². The first-order valence-corrected chi connectivity index (χ1v) is 8.07. The number of aromatic nitrogens is 2. The van der Waals surface area contributed by atoms with Crippen LogP contribution in [0.2, 0.25) is 0 Å². The summed E-state index contributed by atoms with van der Waals surface area (Å²) in [7, 11) is 0. The van der Waals surface area contributed by atoms with E-state index in [1.165, 1.54) is 24.3 Å². The van der Waals surface area contributed by atoms with E-state index in [1.807, 2.05) is 32.0 Å². The molecule has 8 heteroatoms. The van der Waals surface area contributed by atoms with Crippen molar-refractivity contribution >= 4 is 23.7 Å². The standard InChI is InChI=1S/C19H16N4O4/c1-12-6-8-15(10-13(12)2)18-21-22-19(27-18)20-17(24)9-7-14-4-3-5-16(11-14)23(25)26/h3-11H,1-2H3,(H,20,22,24). The van der Waals surface area contributed by atoms with Crippen LogP contribution in [-0.4, -0.2) is 21.0 Å². The predicted octanol–water partition coefficient (Wildman–Crippen LogP) is 3.91. The van der Waals surface area contributed by atoms with Gasteiger partial charge in [-0.25, -0.2) is 0 Å². The van der Waals surface area contributed by atoms with Crippen LogP contribution in [0, 0.1) is 24.0 Å². The van der Waals surface area contributed by atoms with E-state index in [-0.39, 0.29) is 11.7 Å². The summed E-state index contributed by atoms with van der Waals surface area (Å²) >= 11 is 0. The van der Waals surface area contributed by atoms with Crippen molar-refractivity contribution < 1.29 is 14.1 Å². The van der Waals surface area contributed by atoms with Gasteiger partial charge in [0, 0.05) is 23.8 Å². The van der Waals surface area contributed by atoms with Gasteiger partial charge in [0.2, 0.25) is 5.89 Å². The average molecular weight is 364 g/mol. The third kappa shape index (κ3) is 4.43. The van der Waals surface area contributed by atoms with Gasteiger partial charge in [-0.15, -0.1) is 5.10 Å². The van der Waals surface area contributed by atoms with Crippen molar-refractivity contribution in [1.82, 2.24) is 10.2 Å². The lowest BCUT2D eigenvalue weighted by molar-refractivity contribution is -0.384. The first-order valence-electron chi connectivity index (χ1n) is 8.07. The zero-order valence-electron chi connectivity index (χ0n) is 14.7. The molecule has 8 nitrogen and oxygen atoms in total. The molecule has 136 valence electrons. The number of amides is 1. The molecule has 0 atom stereocenters. The molecule has 3 aromatic rings. The second kappa shape index (κ2) is 7.61. The van der Waals surface area contributed by atoms with Crippen LogP contribution in [0.25, 0.3) is 17.5 Å². The van der Waals surface area contributed by atoms with Crippen LogP contribution in [0.15, 0.2) is 53.0 Å². The first kappa shape index (κ1) is 18.0. The molecule has 2 aromatic carbocycles. The molecule has 0 spiro atoms. The second-order valence-electron chi connectivity index (χ2n) is 5.89. The van der Waals surface area contributed by atoms with E-state index >= 15 is 0 Å². The number of rotatable bonds is 5. The molecule has 0 fully saturated rings. The molecule has 0 saturated carbocycles.